The van der Waals surface area contributed by atoms with Gasteiger partial charge in [-0.3, -0.25) is 9.69 Å². The molecule has 1 amide bonds. The Bertz CT molecular complexity index is 1520. The van der Waals surface area contributed by atoms with Gasteiger partial charge >= 0.3 is 0 Å². The Morgan fingerprint density at radius 1 is 0.949 bits per heavy atom. The van der Waals surface area contributed by atoms with Crippen LogP contribution in [0.5, 0.6) is 0 Å². The highest BCUT2D eigenvalue weighted by atomic mass is 32.2. The maximum Gasteiger partial charge on any atom is 0.260 e. The molecule has 0 radical (unpaired) electrons. The minimum atomic E-state index is -3.87. The minimum absolute atomic E-state index is 0.0124. The number of methoxy groups -OCH3 is 2. The van der Waals surface area contributed by atoms with Crippen LogP contribution in [-0.2, 0) is 26.0 Å². The molecule has 206 valence electrons. The molecule has 0 aliphatic heterocycles. The molecule has 4 rings (SSSR count). The molecule has 0 saturated carbocycles. The van der Waals surface area contributed by atoms with Gasteiger partial charge in [-0.05, 0) is 35.9 Å². The number of halogens is 2. The fraction of sp³-hybridized carbons (Fsp3) is 0.259. The summed E-state index contributed by atoms with van der Waals surface area (Å²) < 4.78 is 66.2. The number of hydrogen-bond acceptors (Lipinski definition) is 7. The third-order valence-corrected chi connectivity index (χ3v) is 8.83. The zero-order chi connectivity index (χ0) is 28.0. The van der Waals surface area contributed by atoms with Crippen molar-refractivity contribution >= 4 is 42.6 Å². The number of ether oxygens (including phenoxy) is 2. The predicted molar refractivity (Wildman–Crippen MR) is 145 cm³/mol. The van der Waals surface area contributed by atoms with Gasteiger partial charge < -0.3 is 9.47 Å². The normalized spacial score (nSPS) is 11.8. The molecule has 0 spiro atoms. The summed E-state index contributed by atoms with van der Waals surface area (Å²) in [6, 6.07) is 16.6. The SMILES string of the molecule is COCCN(CCOC)S(=O)(=O)c1ccc(C(=O)N(Cc2ccccc2)c2nc3c(F)cc(F)cc3s2)cc1. The molecular weight excluding hydrogens is 548 g/mol. The van der Waals surface area contributed by atoms with E-state index in [1.165, 1.54) is 53.8 Å². The summed E-state index contributed by atoms with van der Waals surface area (Å²) in [5.41, 5.74) is 0.968. The number of carbonyl (C=O) groups excluding carboxylic acids is 1. The molecule has 0 unspecified atom stereocenters. The molecule has 0 N–H and O–H groups in total. The van der Waals surface area contributed by atoms with Gasteiger partial charge in [0.1, 0.15) is 11.3 Å². The van der Waals surface area contributed by atoms with E-state index in [0.717, 1.165) is 23.0 Å². The van der Waals surface area contributed by atoms with E-state index < -0.39 is 27.6 Å². The summed E-state index contributed by atoms with van der Waals surface area (Å²) in [7, 11) is -0.904. The molecule has 12 heteroatoms. The van der Waals surface area contributed by atoms with Crippen molar-refractivity contribution in [2.24, 2.45) is 0 Å². The fourth-order valence-electron chi connectivity index (χ4n) is 3.87. The van der Waals surface area contributed by atoms with E-state index in [0.29, 0.717) is 0 Å². The molecule has 1 aromatic heterocycles. The van der Waals surface area contributed by atoms with E-state index in [1.54, 1.807) is 0 Å². The molecule has 0 bridgehead atoms. The van der Waals surface area contributed by atoms with Crippen molar-refractivity contribution in [3.63, 3.8) is 0 Å². The van der Waals surface area contributed by atoms with Crippen LogP contribution in [-0.4, -0.2) is 64.1 Å². The van der Waals surface area contributed by atoms with Crippen LogP contribution in [0.15, 0.2) is 71.6 Å². The van der Waals surface area contributed by atoms with E-state index >= 15 is 0 Å². The summed E-state index contributed by atoms with van der Waals surface area (Å²) in [5.74, 6) is -2.03. The average molecular weight is 576 g/mol. The first-order valence-corrected chi connectivity index (χ1v) is 14.2. The van der Waals surface area contributed by atoms with Gasteiger partial charge in [-0.2, -0.15) is 4.31 Å². The molecule has 39 heavy (non-hydrogen) atoms. The number of anilines is 1. The Morgan fingerprint density at radius 3 is 2.21 bits per heavy atom. The summed E-state index contributed by atoms with van der Waals surface area (Å²) >= 11 is 0.990. The lowest BCUT2D eigenvalue weighted by atomic mass is 10.1. The van der Waals surface area contributed by atoms with Crippen LogP contribution in [0.3, 0.4) is 0 Å². The number of thiazole rings is 1. The lowest BCUT2D eigenvalue weighted by molar-refractivity contribution is 0.0985. The lowest BCUT2D eigenvalue weighted by Gasteiger charge is -2.22. The van der Waals surface area contributed by atoms with Gasteiger partial charge in [0.05, 0.1) is 29.4 Å². The van der Waals surface area contributed by atoms with Crippen LogP contribution in [0.2, 0.25) is 0 Å². The maximum absolute atomic E-state index is 14.4. The Balaban J connectivity index is 1.67. The van der Waals surface area contributed by atoms with Crippen molar-refractivity contribution in [1.29, 1.82) is 0 Å². The van der Waals surface area contributed by atoms with E-state index in [9.17, 15) is 22.0 Å². The van der Waals surface area contributed by atoms with Crippen LogP contribution < -0.4 is 4.90 Å². The summed E-state index contributed by atoms with van der Waals surface area (Å²) in [6.45, 7) is 0.817. The van der Waals surface area contributed by atoms with Crippen molar-refractivity contribution in [1.82, 2.24) is 9.29 Å². The van der Waals surface area contributed by atoms with Crippen molar-refractivity contribution in [2.45, 2.75) is 11.4 Å². The van der Waals surface area contributed by atoms with Gasteiger partial charge in [-0.25, -0.2) is 22.2 Å². The molecule has 0 fully saturated rings. The van der Waals surface area contributed by atoms with Gasteiger partial charge in [0.15, 0.2) is 10.9 Å². The van der Waals surface area contributed by atoms with Gasteiger partial charge in [0.25, 0.3) is 5.91 Å². The van der Waals surface area contributed by atoms with E-state index in [4.69, 9.17) is 9.47 Å². The second-order valence-electron chi connectivity index (χ2n) is 8.52. The molecular formula is C27H27F2N3O5S2. The average Bonchev–Trinajstić information content (AvgIpc) is 3.36. The summed E-state index contributed by atoms with van der Waals surface area (Å²) in [5, 5.41) is 0.186. The minimum Gasteiger partial charge on any atom is -0.383 e. The zero-order valence-electron chi connectivity index (χ0n) is 21.3. The monoisotopic (exact) mass is 575 g/mol. The highest BCUT2D eigenvalue weighted by molar-refractivity contribution is 7.89. The number of rotatable bonds is 12. The number of carbonyl (C=O) groups is 1. The van der Waals surface area contributed by atoms with Crippen LogP contribution in [0, 0.1) is 11.6 Å². The number of benzene rings is 3. The first kappa shape index (κ1) is 28.7. The Morgan fingerprint density at radius 2 is 1.59 bits per heavy atom. The molecule has 4 aromatic rings. The molecule has 1 heterocycles. The van der Waals surface area contributed by atoms with Crippen LogP contribution in [0.25, 0.3) is 10.2 Å². The third kappa shape index (κ3) is 6.65. The first-order valence-electron chi connectivity index (χ1n) is 11.9. The van der Waals surface area contributed by atoms with Crippen LogP contribution in [0.4, 0.5) is 13.9 Å². The smallest absolute Gasteiger partial charge is 0.260 e. The molecule has 0 atom stereocenters. The van der Waals surface area contributed by atoms with E-state index in [-0.39, 0.29) is 58.7 Å². The van der Waals surface area contributed by atoms with E-state index in [1.807, 2.05) is 30.3 Å². The number of fused-ring (bicyclic) bond motifs is 1. The van der Waals surface area contributed by atoms with Crippen molar-refractivity contribution in [2.75, 3.05) is 45.4 Å². The van der Waals surface area contributed by atoms with Gasteiger partial charge in [0, 0.05) is 38.9 Å². The van der Waals surface area contributed by atoms with Gasteiger partial charge in [0.2, 0.25) is 10.0 Å². The third-order valence-electron chi connectivity index (χ3n) is 5.89. The molecule has 8 nitrogen and oxygen atoms in total. The fourth-order valence-corrected chi connectivity index (χ4v) is 6.28. The Labute approximate surface area is 229 Å². The Kier molecular flexibility index (Phi) is 9.36. The lowest BCUT2D eigenvalue weighted by Crippen LogP contribution is -2.36. The predicted octanol–water partition coefficient (Wildman–Crippen LogP) is 4.71. The highest BCUT2D eigenvalue weighted by Crippen LogP contribution is 2.33. The van der Waals surface area contributed by atoms with Crippen molar-refractivity contribution in [3.05, 3.63) is 89.5 Å². The zero-order valence-corrected chi connectivity index (χ0v) is 23.0. The van der Waals surface area contributed by atoms with Gasteiger partial charge in [-0.1, -0.05) is 41.7 Å². The number of hydrogen-bond donors (Lipinski definition) is 0. The number of nitrogens with zero attached hydrogens (tertiary/aromatic N) is 3. The van der Waals surface area contributed by atoms with E-state index in [2.05, 4.69) is 4.98 Å². The van der Waals surface area contributed by atoms with Gasteiger partial charge in [-0.15, -0.1) is 0 Å². The summed E-state index contributed by atoms with van der Waals surface area (Å²) in [4.78, 5) is 19.4. The second kappa shape index (κ2) is 12.7. The second-order valence-corrected chi connectivity index (χ2v) is 11.5. The standard InChI is InChI=1S/C27H27F2N3O5S2/c1-36-14-12-31(13-15-37-2)39(34,35)22-10-8-20(9-11-22)26(33)32(18-19-6-4-3-5-7-19)27-30-25-23(29)16-21(28)17-24(25)38-27/h3-11,16-17H,12-15,18H2,1-2H3. The first-order chi connectivity index (χ1) is 18.7. The van der Waals surface area contributed by atoms with Crippen LogP contribution in [0.1, 0.15) is 15.9 Å². The maximum atomic E-state index is 14.4. The summed E-state index contributed by atoms with van der Waals surface area (Å²) in [6.07, 6.45) is 0. The largest absolute Gasteiger partial charge is 0.383 e. The number of aromatic nitrogens is 1. The van der Waals surface area contributed by atoms with Crippen LogP contribution >= 0.6 is 11.3 Å². The highest BCUT2D eigenvalue weighted by Gasteiger charge is 2.26. The topological polar surface area (TPSA) is 89.0 Å². The van der Waals surface area contributed by atoms with Crippen molar-refractivity contribution < 1.29 is 31.5 Å². The number of sulfonamides is 1. The Hall–Kier alpha value is -3.29. The molecule has 0 saturated heterocycles. The molecule has 0 aliphatic rings. The van der Waals surface area contributed by atoms with Crippen molar-refractivity contribution in [3.8, 4) is 0 Å². The molecule has 0 aliphatic carbocycles. The quantitative estimate of drug-likeness (QED) is 0.243. The number of amides is 1. The molecule has 3 aromatic carbocycles.